The maximum Gasteiger partial charge on any atom is 0.291 e. The zero-order valence-corrected chi connectivity index (χ0v) is 14.1. The lowest BCUT2D eigenvalue weighted by atomic mass is 10.2. The Balaban J connectivity index is 1.65. The van der Waals surface area contributed by atoms with Gasteiger partial charge in [0, 0.05) is 4.88 Å². The van der Waals surface area contributed by atoms with Crippen LogP contribution in [0, 0.1) is 6.92 Å². The number of aryl methyl sites for hydroxylation is 1. The van der Waals surface area contributed by atoms with E-state index in [1.807, 2.05) is 43.3 Å². The number of hydrazone groups is 1. The molecule has 3 rings (SSSR count). The van der Waals surface area contributed by atoms with Crippen LogP contribution >= 0.6 is 11.3 Å². The van der Waals surface area contributed by atoms with Crippen molar-refractivity contribution in [2.24, 2.45) is 5.10 Å². The number of ether oxygens (including phenoxy) is 1. The summed E-state index contributed by atoms with van der Waals surface area (Å²) >= 11 is 1.64. The van der Waals surface area contributed by atoms with Crippen LogP contribution in [0.5, 0.6) is 5.75 Å². The van der Waals surface area contributed by atoms with Gasteiger partial charge in [-0.15, -0.1) is 11.3 Å². The van der Waals surface area contributed by atoms with E-state index in [0.29, 0.717) is 5.69 Å². The van der Waals surface area contributed by atoms with E-state index in [1.165, 1.54) is 4.88 Å². The first kappa shape index (κ1) is 15.9. The van der Waals surface area contributed by atoms with Gasteiger partial charge in [-0.3, -0.25) is 9.89 Å². The molecule has 7 heteroatoms. The van der Waals surface area contributed by atoms with Gasteiger partial charge in [-0.05, 0) is 42.8 Å². The second kappa shape index (κ2) is 7.10. The fourth-order valence-corrected chi connectivity index (χ4v) is 2.92. The Kier molecular flexibility index (Phi) is 4.72. The number of rotatable bonds is 5. The topological polar surface area (TPSA) is 79.4 Å². The summed E-state index contributed by atoms with van der Waals surface area (Å²) in [6.45, 7) is 2.03. The highest BCUT2D eigenvalue weighted by atomic mass is 32.1. The average Bonchev–Trinajstić information content (AvgIpc) is 3.24. The van der Waals surface area contributed by atoms with E-state index in [1.54, 1.807) is 30.7 Å². The van der Waals surface area contributed by atoms with Crippen LogP contribution in [0.1, 0.15) is 20.9 Å². The van der Waals surface area contributed by atoms with E-state index >= 15 is 0 Å². The first-order valence-corrected chi connectivity index (χ1v) is 8.07. The van der Waals surface area contributed by atoms with Gasteiger partial charge in [-0.25, -0.2) is 5.43 Å². The number of methoxy groups -OCH3 is 1. The molecular formula is C17H16N4O2S. The lowest BCUT2D eigenvalue weighted by molar-refractivity contribution is 0.0950. The number of nitrogens with zero attached hydrogens (tertiary/aromatic N) is 2. The van der Waals surface area contributed by atoms with Gasteiger partial charge in [0.25, 0.3) is 5.91 Å². The number of hydrogen-bond donors (Lipinski definition) is 2. The van der Waals surface area contributed by atoms with Crippen LogP contribution in [-0.2, 0) is 0 Å². The Bertz CT molecular complexity index is 882. The number of carbonyl (C=O) groups excluding carboxylic acids is 1. The first-order valence-electron chi connectivity index (χ1n) is 7.25. The Morgan fingerprint density at radius 3 is 2.96 bits per heavy atom. The molecule has 122 valence electrons. The van der Waals surface area contributed by atoms with Crippen LogP contribution in [0.25, 0.3) is 10.6 Å². The van der Waals surface area contributed by atoms with Crippen molar-refractivity contribution in [1.29, 1.82) is 0 Å². The largest absolute Gasteiger partial charge is 0.497 e. The predicted octanol–water partition coefficient (Wildman–Crippen LogP) is 3.22. The van der Waals surface area contributed by atoms with Crippen LogP contribution < -0.4 is 10.2 Å². The molecule has 0 aliphatic heterocycles. The van der Waals surface area contributed by atoms with Crippen LogP contribution in [0.15, 0.2) is 47.6 Å². The monoisotopic (exact) mass is 340 g/mol. The summed E-state index contributed by atoms with van der Waals surface area (Å²) in [5, 5.41) is 10.8. The number of nitrogens with one attached hydrogen (secondary N) is 2. The number of hydrogen-bond acceptors (Lipinski definition) is 5. The Morgan fingerprint density at radius 1 is 1.33 bits per heavy atom. The summed E-state index contributed by atoms with van der Waals surface area (Å²) in [4.78, 5) is 14.3. The van der Waals surface area contributed by atoms with Gasteiger partial charge in [0.05, 0.1) is 23.9 Å². The number of thiophene rings is 1. The van der Waals surface area contributed by atoms with E-state index in [9.17, 15) is 4.79 Å². The van der Waals surface area contributed by atoms with Crippen LogP contribution in [0.3, 0.4) is 0 Å². The number of carbonyl (C=O) groups is 1. The summed E-state index contributed by atoms with van der Waals surface area (Å²) in [5.74, 6) is 0.360. The summed E-state index contributed by atoms with van der Waals surface area (Å²) in [6.07, 6.45) is 1.55. The molecule has 0 atom stereocenters. The van der Waals surface area contributed by atoms with Crippen molar-refractivity contribution < 1.29 is 9.53 Å². The van der Waals surface area contributed by atoms with Crippen molar-refractivity contribution in [2.75, 3.05) is 7.11 Å². The zero-order valence-electron chi connectivity index (χ0n) is 13.2. The molecule has 1 amide bonds. The molecule has 6 nitrogen and oxygen atoms in total. The summed E-state index contributed by atoms with van der Waals surface area (Å²) < 4.78 is 5.14. The third-order valence-electron chi connectivity index (χ3n) is 3.29. The number of H-pyrrole nitrogens is 1. The molecule has 2 aromatic heterocycles. The van der Waals surface area contributed by atoms with Crippen molar-refractivity contribution in [3.63, 3.8) is 0 Å². The van der Waals surface area contributed by atoms with Gasteiger partial charge in [0.1, 0.15) is 5.75 Å². The minimum Gasteiger partial charge on any atom is -0.497 e. The fraction of sp³-hybridized carbons (Fsp3) is 0.118. The lowest BCUT2D eigenvalue weighted by Gasteiger charge is -1.99. The quantitative estimate of drug-likeness (QED) is 0.553. The minimum absolute atomic E-state index is 0.291. The average molecular weight is 340 g/mol. The Morgan fingerprint density at radius 2 is 2.21 bits per heavy atom. The molecule has 3 aromatic rings. The highest BCUT2D eigenvalue weighted by molar-refractivity contribution is 7.15. The van der Waals surface area contributed by atoms with Gasteiger partial charge in [-0.1, -0.05) is 12.1 Å². The van der Waals surface area contributed by atoms with Crippen molar-refractivity contribution in [3.8, 4) is 16.3 Å². The molecule has 0 aliphatic rings. The molecule has 0 bridgehead atoms. The molecule has 2 N–H and O–H groups in total. The molecule has 0 saturated heterocycles. The summed E-state index contributed by atoms with van der Waals surface area (Å²) in [5.41, 5.74) is 4.40. The molecule has 0 spiro atoms. The van der Waals surface area contributed by atoms with Crippen LogP contribution in [0.4, 0.5) is 0 Å². The normalized spacial score (nSPS) is 10.9. The van der Waals surface area contributed by atoms with E-state index in [2.05, 4.69) is 20.7 Å². The highest BCUT2D eigenvalue weighted by Gasteiger charge is 2.11. The molecule has 1 aromatic carbocycles. The Hall–Kier alpha value is -2.93. The van der Waals surface area contributed by atoms with E-state index in [-0.39, 0.29) is 5.91 Å². The summed E-state index contributed by atoms with van der Waals surface area (Å²) in [7, 11) is 1.60. The van der Waals surface area contributed by atoms with E-state index in [0.717, 1.165) is 21.9 Å². The Labute approximate surface area is 143 Å². The fourth-order valence-electron chi connectivity index (χ4n) is 2.09. The van der Waals surface area contributed by atoms with Gasteiger partial charge in [-0.2, -0.15) is 10.2 Å². The summed E-state index contributed by atoms with van der Waals surface area (Å²) in [6, 6.07) is 13.1. The number of amides is 1. The van der Waals surface area contributed by atoms with Crippen molar-refractivity contribution in [2.45, 2.75) is 6.92 Å². The van der Waals surface area contributed by atoms with Crippen molar-refractivity contribution in [3.05, 3.63) is 58.6 Å². The number of aromatic nitrogens is 2. The predicted molar refractivity (Wildman–Crippen MR) is 94.7 cm³/mol. The molecular weight excluding hydrogens is 324 g/mol. The molecule has 0 saturated carbocycles. The van der Waals surface area contributed by atoms with Gasteiger partial charge in [0.15, 0.2) is 5.69 Å². The van der Waals surface area contributed by atoms with E-state index < -0.39 is 0 Å². The third kappa shape index (κ3) is 3.69. The van der Waals surface area contributed by atoms with Crippen LogP contribution in [-0.4, -0.2) is 29.4 Å². The standard InChI is InChI=1S/C17H16N4O2S/c1-11-6-7-16(24-11)14-9-15(20-19-14)17(22)21-18-10-12-4-3-5-13(8-12)23-2/h3-10H,1-2H3,(H,19,20)(H,21,22)/b18-10-. The third-order valence-corrected chi connectivity index (χ3v) is 4.32. The van der Waals surface area contributed by atoms with Gasteiger partial charge < -0.3 is 4.74 Å². The maximum absolute atomic E-state index is 12.1. The second-order valence-electron chi connectivity index (χ2n) is 5.05. The van der Waals surface area contributed by atoms with Gasteiger partial charge in [0.2, 0.25) is 0 Å². The number of benzene rings is 1. The molecule has 0 unspecified atom stereocenters. The SMILES string of the molecule is COc1cccc(/C=N\NC(=O)c2cc(-c3ccc(C)s3)[nH]n2)c1. The molecule has 2 heterocycles. The zero-order chi connectivity index (χ0) is 16.9. The lowest BCUT2D eigenvalue weighted by Crippen LogP contribution is -2.17. The molecule has 0 fully saturated rings. The van der Waals surface area contributed by atoms with Crippen molar-refractivity contribution in [1.82, 2.24) is 15.6 Å². The van der Waals surface area contributed by atoms with Gasteiger partial charge >= 0.3 is 0 Å². The molecule has 24 heavy (non-hydrogen) atoms. The smallest absolute Gasteiger partial charge is 0.291 e. The maximum atomic E-state index is 12.1. The molecule has 0 aliphatic carbocycles. The first-order chi connectivity index (χ1) is 11.7. The number of aromatic amines is 1. The second-order valence-corrected chi connectivity index (χ2v) is 6.34. The highest BCUT2D eigenvalue weighted by Crippen LogP contribution is 2.26. The van der Waals surface area contributed by atoms with Crippen molar-refractivity contribution >= 4 is 23.5 Å². The minimum atomic E-state index is -0.370. The van der Waals surface area contributed by atoms with E-state index in [4.69, 9.17) is 4.74 Å². The van der Waals surface area contributed by atoms with Crippen LogP contribution in [0.2, 0.25) is 0 Å². The molecule has 0 radical (unpaired) electrons.